The average Bonchev–Trinajstić information content (AvgIpc) is 3.05. The molecule has 0 amide bonds. The van der Waals surface area contributed by atoms with Crippen LogP contribution in [0, 0.1) is 5.92 Å². The van der Waals surface area contributed by atoms with Crippen molar-refractivity contribution in [1.29, 1.82) is 0 Å². The van der Waals surface area contributed by atoms with Gasteiger partial charge in [-0.15, -0.1) is 0 Å². The average molecular weight is 406 g/mol. The second-order valence-corrected chi connectivity index (χ2v) is 8.27. The Morgan fingerprint density at radius 3 is 2.61 bits per heavy atom. The number of fused-ring (bicyclic) bond motifs is 1. The molecule has 4 rings (SSSR count). The smallest absolute Gasteiger partial charge is 0.375 e. The van der Waals surface area contributed by atoms with Crippen molar-refractivity contribution in [3.8, 4) is 11.1 Å². The van der Waals surface area contributed by atoms with Crippen LogP contribution >= 0.6 is 11.3 Å². The number of rotatable bonds is 4. The van der Waals surface area contributed by atoms with Gasteiger partial charge in [0.15, 0.2) is 5.13 Å². The predicted octanol–water partition coefficient (Wildman–Crippen LogP) is 5.95. The number of thiazole rings is 1. The molecule has 8 heteroatoms. The lowest BCUT2D eigenvalue weighted by Crippen LogP contribution is -2.19. The summed E-state index contributed by atoms with van der Waals surface area (Å²) in [6.07, 6.45) is 1.32. The first-order valence-electron chi connectivity index (χ1n) is 9.39. The van der Waals surface area contributed by atoms with E-state index in [2.05, 4.69) is 15.3 Å². The minimum atomic E-state index is -4.48. The van der Waals surface area contributed by atoms with Gasteiger partial charge in [-0.2, -0.15) is 13.2 Å². The van der Waals surface area contributed by atoms with Gasteiger partial charge in [0.05, 0.1) is 10.2 Å². The molecule has 28 heavy (non-hydrogen) atoms. The maximum Gasteiger partial charge on any atom is 0.433 e. The largest absolute Gasteiger partial charge is 0.433 e. The molecule has 1 saturated carbocycles. The van der Waals surface area contributed by atoms with Gasteiger partial charge in [0.2, 0.25) is 0 Å². The van der Waals surface area contributed by atoms with E-state index >= 15 is 0 Å². The molecule has 1 fully saturated rings. The fraction of sp³-hybridized carbons (Fsp3) is 0.400. The molecule has 0 atom stereocenters. The van der Waals surface area contributed by atoms with Gasteiger partial charge in [0.25, 0.3) is 0 Å². The molecule has 0 aliphatic heterocycles. The molecule has 3 N–H and O–H groups in total. The normalized spacial score (nSPS) is 15.8. The summed E-state index contributed by atoms with van der Waals surface area (Å²) >= 11 is 1.38. The number of nitrogens with one attached hydrogen (secondary N) is 1. The Bertz CT molecular complexity index is 977. The third kappa shape index (κ3) is 4.06. The molecule has 0 spiro atoms. The number of nitrogens with two attached hydrogens (primary N) is 1. The van der Waals surface area contributed by atoms with Crippen molar-refractivity contribution in [2.24, 2.45) is 5.92 Å². The van der Waals surface area contributed by atoms with Crippen LogP contribution in [-0.4, -0.2) is 16.5 Å². The molecule has 0 saturated heterocycles. The van der Waals surface area contributed by atoms with Crippen molar-refractivity contribution < 1.29 is 13.2 Å². The van der Waals surface area contributed by atoms with Crippen LogP contribution in [-0.2, 0) is 6.18 Å². The minimum Gasteiger partial charge on any atom is -0.375 e. The topological polar surface area (TPSA) is 63.8 Å². The summed E-state index contributed by atoms with van der Waals surface area (Å²) < 4.78 is 40.5. The number of hydrogen-bond donors (Lipinski definition) is 2. The first-order chi connectivity index (χ1) is 13.4. The molecular weight excluding hydrogens is 385 g/mol. The zero-order chi connectivity index (χ0) is 19.7. The van der Waals surface area contributed by atoms with Crippen LogP contribution in [0.3, 0.4) is 0 Å². The number of nitrogens with zero attached hydrogens (tertiary/aromatic N) is 2. The lowest BCUT2D eigenvalue weighted by molar-refractivity contribution is -0.141. The molecule has 2 heterocycles. The van der Waals surface area contributed by atoms with Gasteiger partial charge in [-0.1, -0.05) is 36.7 Å². The number of anilines is 2. The molecule has 3 aromatic rings. The maximum absolute atomic E-state index is 13.2. The van der Waals surface area contributed by atoms with Gasteiger partial charge < -0.3 is 11.1 Å². The Kier molecular flexibility index (Phi) is 5.14. The van der Waals surface area contributed by atoms with E-state index in [-0.39, 0.29) is 5.82 Å². The summed E-state index contributed by atoms with van der Waals surface area (Å²) in [6.45, 7) is 0.632. The third-order valence-corrected chi connectivity index (χ3v) is 6.05. The molecule has 0 radical (unpaired) electrons. The molecule has 4 nitrogen and oxygen atoms in total. The Morgan fingerprint density at radius 1 is 1.07 bits per heavy atom. The zero-order valence-electron chi connectivity index (χ0n) is 15.2. The molecule has 0 unspecified atom stereocenters. The van der Waals surface area contributed by atoms with E-state index < -0.39 is 11.9 Å². The zero-order valence-corrected chi connectivity index (χ0v) is 16.0. The second kappa shape index (κ2) is 7.58. The number of aromatic nitrogens is 2. The first-order valence-corrected chi connectivity index (χ1v) is 10.2. The fourth-order valence-corrected chi connectivity index (χ4v) is 4.44. The molecule has 148 valence electrons. The van der Waals surface area contributed by atoms with Gasteiger partial charge in [0.1, 0.15) is 11.5 Å². The highest BCUT2D eigenvalue weighted by Crippen LogP contribution is 2.36. The summed E-state index contributed by atoms with van der Waals surface area (Å²) in [7, 11) is 0. The standard InChI is InChI=1S/C20H21F3N4S/c21-20(22,23)17-9-7-14(13-6-8-16-15(10-13)26-19(24)28-16)18(27-17)25-11-12-4-2-1-3-5-12/h6-10,12H,1-5,11H2,(H2,24,26)(H,25,27). The number of alkyl halides is 3. The van der Waals surface area contributed by atoms with Crippen molar-refractivity contribution >= 4 is 32.5 Å². The monoisotopic (exact) mass is 406 g/mol. The Balaban J connectivity index is 1.69. The second-order valence-electron chi connectivity index (χ2n) is 7.21. The van der Waals surface area contributed by atoms with Crippen molar-refractivity contribution in [2.45, 2.75) is 38.3 Å². The summed E-state index contributed by atoms with van der Waals surface area (Å²) in [5.41, 5.74) is 7.02. The van der Waals surface area contributed by atoms with Gasteiger partial charge in [-0.3, -0.25) is 0 Å². The van der Waals surface area contributed by atoms with E-state index in [1.54, 1.807) is 0 Å². The Hall–Kier alpha value is -2.35. The summed E-state index contributed by atoms with van der Waals surface area (Å²) in [6, 6.07) is 8.12. The Morgan fingerprint density at radius 2 is 1.86 bits per heavy atom. The number of nitrogen functional groups attached to an aromatic ring is 1. The predicted molar refractivity (Wildman–Crippen MR) is 107 cm³/mol. The van der Waals surface area contributed by atoms with Gasteiger partial charge in [-0.05, 0) is 48.6 Å². The molecular formula is C20H21F3N4S. The highest BCUT2D eigenvalue weighted by molar-refractivity contribution is 7.22. The molecule has 2 aromatic heterocycles. The number of pyridine rings is 1. The van der Waals surface area contributed by atoms with Crippen molar-refractivity contribution in [3.63, 3.8) is 0 Å². The maximum atomic E-state index is 13.2. The quantitative estimate of drug-likeness (QED) is 0.562. The van der Waals surface area contributed by atoms with Crippen LogP contribution in [0.4, 0.5) is 24.1 Å². The van der Waals surface area contributed by atoms with E-state index in [4.69, 9.17) is 5.73 Å². The highest BCUT2D eigenvalue weighted by Gasteiger charge is 2.33. The minimum absolute atomic E-state index is 0.267. The highest BCUT2D eigenvalue weighted by atomic mass is 32.1. The SMILES string of the molecule is Nc1nc2cc(-c3ccc(C(F)(F)F)nc3NCC3CCCCC3)ccc2s1. The van der Waals surface area contributed by atoms with E-state index in [1.165, 1.54) is 36.7 Å². The van der Waals surface area contributed by atoms with Crippen LogP contribution < -0.4 is 11.1 Å². The van der Waals surface area contributed by atoms with E-state index in [9.17, 15) is 13.2 Å². The fourth-order valence-electron chi connectivity index (χ4n) is 3.73. The first kappa shape index (κ1) is 19.0. The van der Waals surface area contributed by atoms with Gasteiger partial charge >= 0.3 is 6.18 Å². The van der Waals surface area contributed by atoms with E-state index in [0.29, 0.717) is 23.2 Å². The molecule has 1 aliphatic rings. The van der Waals surface area contributed by atoms with Crippen LogP contribution in [0.15, 0.2) is 30.3 Å². The van der Waals surface area contributed by atoms with Crippen molar-refractivity contribution in [3.05, 3.63) is 36.0 Å². The van der Waals surface area contributed by atoms with Crippen LogP contribution in [0.5, 0.6) is 0 Å². The molecule has 1 aliphatic carbocycles. The molecule has 0 bridgehead atoms. The van der Waals surface area contributed by atoms with Crippen LogP contribution in [0.2, 0.25) is 0 Å². The van der Waals surface area contributed by atoms with Crippen molar-refractivity contribution in [1.82, 2.24) is 9.97 Å². The molecule has 1 aromatic carbocycles. The van der Waals surface area contributed by atoms with Gasteiger partial charge in [-0.25, -0.2) is 9.97 Å². The van der Waals surface area contributed by atoms with E-state index in [1.807, 2.05) is 18.2 Å². The van der Waals surface area contributed by atoms with Crippen LogP contribution in [0.25, 0.3) is 21.3 Å². The Labute approximate surface area is 165 Å². The van der Waals surface area contributed by atoms with Gasteiger partial charge in [0, 0.05) is 12.1 Å². The summed E-state index contributed by atoms with van der Waals surface area (Å²) in [5, 5.41) is 3.66. The summed E-state index contributed by atoms with van der Waals surface area (Å²) in [4.78, 5) is 8.19. The van der Waals surface area contributed by atoms with Crippen LogP contribution in [0.1, 0.15) is 37.8 Å². The lowest BCUT2D eigenvalue weighted by atomic mass is 9.89. The number of halogens is 3. The third-order valence-electron chi connectivity index (χ3n) is 5.18. The van der Waals surface area contributed by atoms with E-state index in [0.717, 1.165) is 34.7 Å². The number of hydrogen-bond acceptors (Lipinski definition) is 5. The lowest BCUT2D eigenvalue weighted by Gasteiger charge is -2.23. The van der Waals surface area contributed by atoms with Crippen molar-refractivity contribution in [2.75, 3.05) is 17.6 Å². The number of benzene rings is 1. The summed E-state index contributed by atoms with van der Waals surface area (Å²) in [5.74, 6) is 0.738.